The lowest BCUT2D eigenvalue weighted by molar-refractivity contribution is -0.124. The molecule has 4 aliphatic rings. The summed E-state index contributed by atoms with van der Waals surface area (Å²) in [5, 5.41) is 12.6. The Labute approximate surface area is 294 Å². The van der Waals surface area contributed by atoms with Crippen LogP contribution in [0.15, 0.2) is 54.7 Å². The van der Waals surface area contributed by atoms with Gasteiger partial charge in [0.2, 0.25) is 5.91 Å². The third-order valence-electron chi connectivity index (χ3n) is 9.62. The molecule has 1 saturated carbocycles. The predicted octanol–water partition coefficient (Wildman–Crippen LogP) is 3.32. The topological polar surface area (TPSA) is 128 Å². The molecule has 2 N–H and O–H groups in total. The molecule has 7 rings (SSSR count). The molecule has 1 aliphatic carbocycles. The van der Waals surface area contributed by atoms with Crippen LogP contribution in [0.25, 0.3) is 0 Å². The number of hydrogen-bond donors (Lipinski definition) is 2. The van der Waals surface area contributed by atoms with Gasteiger partial charge in [-0.05, 0) is 61.2 Å². The third kappa shape index (κ3) is 7.86. The summed E-state index contributed by atoms with van der Waals surface area (Å²) in [4.78, 5) is 53.1. The number of nitrogens with one attached hydrogen (secondary N) is 1. The van der Waals surface area contributed by atoms with Crippen molar-refractivity contribution in [2.24, 2.45) is 0 Å². The fourth-order valence-corrected chi connectivity index (χ4v) is 7.01. The molecule has 1 aromatic heterocycles. The first-order valence-corrected chi connectivity index (χ1v) is 17.4. The van der Waals surface area contributed by atoms with Gasteiger partial charge in [0.15, 0.2) is 11.6 Å². The number of piperazine rings is 1. The highest BCUT2D eigenvalue weighted by atomic mass is 35.5. The number of halogens is 2. The van der Waals surface area contributed by atoms with Gasteiger partial charge in [-0.2, -0.15) is 0 Å². The summed E-state index contributed by atoms with van der Waals surface area (Å²) in [6.07, 6.45) is 3.02. The first kappa shape index (κ1) is 34.2. The normalized spacial score (nSPS) is 22.1. The molecular formula is C36H40ClFN6O6. The zero-order chi connectivity index (χ0) is 34.8. The first-order chi connectivity index (χ1) is 24.2. The minimum absolute atomic E-state index is 0.0577. The van der Waals surface area contributed by atoms with Crippen LogP contribution in [0.3, 0.4) is 0 Å². The Hall–Kier alpha value is -4.30. The average molecular weight is 707 g/mol. The number of amides is 3. The van der Waals surface area contributed by atoms with E-state index in [1.54, 1.807) is 39.0 Å². The summed E-state index contributed by atoms with van der Waals surface area (Å²) in [5.74, 6) is -0.523. The summed E-state index contributed by atoms with van der Waals surface area (Å²) in [6, 6.07) is 12.8. The number of ether oxygens (including phenoxy) is 2. The number of pyridine rings is 1. The Morgan fingerprint density at radius 2 is 1.84 bits per heavy atom. The molecule has 2 saturated heterocycles. The Bertz CT molecular complexity index is 1750. The maximum Gasteiger partial charge on any atom is 0.254 e. The molecule has 4 heterocycles. The van der Waals surface area contributed by atoms with E-state index < -0.39 is 11.9 Å². The average Bonchev–Trinajstić information content (AvgIpc) is 3.95. The summed E-state index contributed by atoms with van der Waals surface area (Å²) in [5.41, 5.74) is 1.40. The second-order valence-electron chi connectivity index (χ2n) is 13.2. The molecule has 2 aromatic carbocycles. The van der Waals surface area contributed by atoms with Crippen molar-refractivity contribution in [3.05, 3.63) is 82.3 Å². The maximum atomic E-state index is 14.9. The number of rotatable bonds is 5. The lowest BCUT2D eigenvalue weighted by atomic mass is 10.0. The maximum absolute atomic E-state index is 14.9. The zero-order valence-corrected chi connectivity index (χ0v) is 28.4. The molecule has 264 valence electrons. The second-order valence-corrected chi connectivity index (χ2v) is 13.7. The fraction of sp³-hybridized carbons (Fsp3) is 0.444. The van der Waals surface area contributed by atoms with Crippen LogP contribution in [0.1, 0.15) is 45.5 Å². The first-order valence-electron chi connectivity index (χ1n) is 17.1. The van der Waals surface area contributed by atoms with Crippen LogP contribution >= 0.6 is 11.6 Å². The van der Waals surface area contributed by atoms with Crippen molar-refractivity contribution in [2.75, 3.05) is 63.9 Å². The van der Waals surface area contributed by atoms with Gasteiger partial charge in [0.05, 0.1) is 30.4 Å². The lowest BCUT2D eigenvalue weighted by Gasteiger charge is -2.39. The number of aromatic nitrogens is 1. The molecule has 12 nitrogen and oxygen atoms in total. The second kappa shape index (κ2) is 14.9. The quantitative estimate of drug-likeness (QED) is 0.411. The van der Waals surface area contributed by atoms with Crippen LogP contribution < -0.4 is 15.0 Å². The number of piperidine rings is 1. The molecule has 2 atom stereocenters. The van der Waals surface area contributed by atoms with Gasteiger partial charge >= 0.3 is 0 Å². The number of benzene rings is 2. The molecule has 0 spiro atoms. The number of carbonyl (C=O) groups excluding carboxylic acids is 3. The van der Waals surface area contributed by atoms with Crippen LogP contribution in [0, 0.1) is 5.82 Å². The van der Waals surface area contributed by atoms with Crippen LogP contribution in [-0.4, -0.2) is 120 Å². The molecule has 3 aromatic rings. The van der Waals surface area contributed by atoms with Crippen molar-refractivity contribution < 1.29 is 33.4 Å². The van der Waals surface area contributed by atoms with E-state index >= 15 is 0 Å². The Balaban J connectivity index is 1.18. The highest BCUT2D eigenvalue weighted by molar-refractivity contribution is 6.30. The Morgan fingerprint density at radius 3 is 2.60 bits per heavy atom. The van der Waals surface area contributed by atoms with E-state index in [4.69, 9.17) is 21.1 Å². The van der Waals surface area contributed by atoms with Gasteiger partial charge < -0.3 is 34.6 Å². The van der Waals surface area contributed by atoms with Crippen LogP contribution in [0.5, 0.6) is 11.5 Å². The zero-order valence-electron chi connectivity index (χ0n) is 27.6. The number of aliphatic hydroxyl groups is 1. The smallest absolute Gasteiger partial charge is 0.254 e. The van der Waals surface area contributed by atoms with Gasteiger partial charge in [-0.3, -0.25) is 19.3 Å². The Morgan fingerprint density at radius 1 is 1.02 bits per heavy atom. The summed E-state index contributed by atoms with van der Waals surface area (Å²) in [7, 11) is 0. The molecule has 50 heavy (non-hydrogen) atoms. The van der Waals surface area contributed by atoms with E-state index in [1.165, 1.54) is 12.3 Å². The highest BCUT2D eigenvalue weighted by Crippen LogP contribution is 2.32. The molecule has 3 aliphatic heterocycles. The van der Waals surface area contributed by atoms with Crippen molar-refractivity contribution in [1.29, 1.82) is 0 Å². The van der Waals surface area contributed by atoms with E-state index in [0.29, 0.717) is 62.8 Å². The van der Waals surface area contributed by atoms with Crippen LogP contribution in [0.2, 0.25) is 5.02 Å². The van der Waals surface area contributed by atoms with Gasteiger partial charge in [0, 0.05) is 69.2 Å². The predicted molar refractivity (Wildman–Crippen MR) is 183 cm³/mol. The number of nitrogens with zero attached hydrogens (tertiary/aromatic N) is 5. The number of aliphatic hydroxyl groups excluding tert-OH is 1. The molecule has 0 radical (unpaired) electrons. The summed E-state index contributed by atoms with van der Waals surface area (Å²) >= 11 is 5.95. The van der Waals surface area contributed by atoms with E-state index in [9.17, 15) is 23.9 Å². The molecule has 3 amide bonds. The number of anilines is 1. The molecule has 3 fully saturated rings. The number of β-amino-alcohol motifs (C(OH)–C–C–N with tert-alkyl or cyclic N) is 1. The molecule has 0 unspecified atom stereocenters. The largest absolute Gasteiger partial charge is 0.457 e. The van der Waals surface area contributed by atoms with Gasteiger partial charge in [-0.1, -0.05) is 23.7 Å². The van der Waals surface area contributed by atoms with Crippen molar-refractivity contribution in [2.45, 2.75) is 44.1 Å². The van der Waals surface area contributed by atoms with Gasteiger partial charge in [0.25, 0.3) is 11.8 Å². The van der Waals surface area contributed by atoms with Crippen molar-refractivity contribution >= 4 is 35.1 Å². The minimum atomic E-state index is -0.553. The van der Waals surface area contributed by atoms with E-state index in [-0.39, 0.29) is 72.6 Å². The monoisotopic (exact) mass is 706 g/mol. The molecular weight excluding hydrogens is 667 g/mol. The van der Waals surface area contributed by atoms with Crippen LogP contribution in [0.4, 0.5) is 10.2 Å². The minimum Gasteiger partial charge on any atom is -0.457 e. The van der Waals surface area contributed by atoms with Crippen molar-refractivity contribution in [3.63, 3.8) is 0 Å². The van der Waals surface area contributed by atoms with Crippen molar-refractivity contribution in [3.8, 4) is 11.5 Å². The third-order valence-corrected chi connectivity index (χ3v) is 9.83. The number of fused-ring (bicyclic) bond motifs is 5. The number of hydrogen-bond acceptors (Lipinski definition) is 9. The van der Waals surface area contributed by atoms with E-state index in [1.807, 2.05) is 18.2 Å². The summed E-state index contributed by atoms with van der Waals surface area (Å²) in [6.45, 7) is 3.60. The molecule has 14 heteroatoms. The standard InChI is InChI=1S/C36H40ClFN6O6/c37-26-18-30(38)34(39-19-26)43-7-6-32-31(20-43)40-33(46)21-44(27-4-5-27)36(48)25-15-24(35(47)42-10-8-41(9-11-42)12-13-45)16-29(17-25)50-28-3-1-2-23(14-28)22-49-32/h1-3,14-19,27,31-32,45H,4-13,20-22H2,(H,40,46)/t31-,32+/m1/s1. The van der Waals surface area contributed by atoms with Gasteiger partial charge in [0.1, 0.15) is 18.0 Å². The highest BCUT2D eigenvalue weighted by Gasteiger charge is 2.38. The fourth-order valence-electron chi connectivity index (χ4n) is 6.87. The lowest BCUT2D eigenvalue weighted by Crippen LogP contribution is -2.58. The Kier molecular flexibility index (Phi) is 10.2. The summed E-state index contributed by atoms with van der Waals surface area (Å²) < 4.78 is 27.5. The van der Waals surface area contributed by atoms with Crippen molar-refractivity contribution in [1.82, 2.24) is 25.0 Å². The van der Waals surface area contributed by atoms with Gasteiger partial charge in [-0.15, -0.1) is 0 Å². The van der Waals surface area contributed by atoms with Crippen LogP contribution in [-0.2, 0) is 16.1 Å². The van der Waals surface area contributed by atoms with Gasteiger partial charge in [-0.25, -0.2) is 9.37 Å². The van der Waals surface area contributed by atoms with E-state index in [2.05, 4.69) is 15.2 Å². The molecule has 4 bridgehead atoms. The SMILES string of the molecule is O=C1CN(C2CC2)C(=O)c2cc(cc(C(=O)N3CCN(CCO)CC3)c2)Oc2cccc(c2)CO[C@H]2CCN(c3ncc(Cl)cc3F)C[C@H]2N1. The van der Waals surface area contributed by atoms with E-state index in [0.717, 1.165) is 18.4 Å². The number of carbonyl (C=O) groups is 3.